The number of pyridine rings is 2. The van der Waals surface area contributed by atoms with Crippen LogP contribution in [0.4, 0.5) is 0 Å². The number of rotatable bonds is 6. The van der Waals surface area contributed by atoms with Crippen LogP contribution in [0.1, 0.15) is 18.4 Å². The van der Waals surface area contributed by atoms with Crippen molar-refractivity contribution in [2.24, 2.45) is 0 Å². The molecule has 0 aliphatic carbocycles. The van der Waals surface area contributed by atoms with E-state index >= 15 is 0 Å². The van der Waals surface area contributed by atoms with Gasteiger partial charge < -0.3 is 14.8 Å². The van der Waals surface area contributed by atoms with E-state index in [0.717, 1.165) is 49.9 Å². The summed E-state index contributed by atoms with van der Waals surface area (Å²) in [5.41, 5.74) is 2.31. The third-order valence-corrected chi connectivity index (χ3v) is 5.46. The van der Waals surface area contributed by atoms with Crippen molar-refractivity contribution >= 4 is 10.9 Å². The van der Waals surface area contributed by atoms with Crippen LogP contribution in [0.3, 0.4) is 0 Å². The minimum absolute atomic E-state index is 0.0508. The van der Waals surface area contributed by atoms with Crippen LogP contribution in [0.25, 0.3) is 10.9 Å². The maximum Gasteiger partial charge on any atom is 0.251 e. The third kappa shape index (κ3) is 4.43. The Bertz CT molecular complexity index is 930. The van der Waals surface area contributed by atoms with Crippen LogP contribution in [0.15, 0.2) is 65.7 Å². The Balaban J connectivity index is 1.29. The number of hydrogen-bond donors (Lipinski definition) is 1. The van der Waals surface area contributed by atoms with Gasteiger partial charge in [0.15, 0.2) is 0 Å². The molecular weight excluding hydrogens is 336 g/mol. The number of aromatic nitrogens is 2. The summed E-state index contributed by atoms with van der Waals surface area (Å²) in [5.74, 6) is 0. The maximum atomic E-state index is 12.3. The number of benzene rings is 1. The number of piperidine rings is 1. The predicted octanol–water partition coefficient (Wildman–Crippen LogP) is 2.65. The number of hydrogen-bond acceptors (Lipinski definition) is 4. The molecule has 2 aromatic heterocycles. The van der Waals surface area contributed by atoms with Crippen LogP contribution >= 0.6 is 0 Å². The molecule has 5 heteroatoms. The van der Waals surface area contributed by atoms with E-state index in [1.807, 2.05) is 16.7 Å². The number of nitrogens with one attached hydrogen (secondary N) is 1. The zero-order valence-electron chi connectivity index (χ0n) is 15.6. The lowest BCUT2D eigenvalue weighted by Crippen LogP contribution is -2.43. The number of likely N-dealkylation sites (tertiary alicyclic amines) is 1. The van der Waals surface area contributed by atoms with Gasteiger partial charge in [-0.2, -0.15) is 0 Å². The molecule has 1 N–H and O–H groups in total. The molecule has 0 unspecified atom stereocenters. The van der Waals surface area contributed by atoms with Gasteiger partial charge in [0.1, 0.15) is 0 Å². The summed E-state index contributed by atoms with van der Waals surface area (Å²) in [7, 11) is 0. The first-order chi connectivity index (χ1) is 13.3. The molecule has 3 heterocycles. The van der Waals surface area contributed by atoms with Crippen molar-refractivity contribution in [1.82, 2.24) is 19.8 Å². The number of fused-ring (bicyclic) bond motifs is 1. The zero-order valence-corrected chi connectivity index (χ0v) is 15.6. The van der Waals surface area contributed by atoms with E-state index in [4.69, 9.17) is 0 Å². The van der Waals surface area contributed by atoms with Crippen molar-refractivity contribution in [2.45, 2.75) is 32.0 Å². The molecule has 0 spiro atoms. The summed E-state index contributed by atoms with van der Waals surface area (Å²) < 4.78 is 1.85. The topological polar surface area (TPSA) is 50.2 Å². The van der Waals surface area contributed by atoms with E-state index in [0.29, 0.717) is 12.6 Å². The highest BCUT2D eigenvalue weighted by Crippen LogP contribution is 2.13. The van der Waals surface area contributed by atoms with E-state index in [2.05, 4.69) is 45.5 Å². The first-order valence-electron chi connectivity index (χ1n) is 9.73. The zero-order chi connectivity index (χ0) is 18.5. The SMILES string of the molecule is O=c1ccc2ccncc2n1CCN1CCC(NCc2ccccc2)CC1. The molecule has 0 radical (unpaired) electrons. The first-order valence-corrected chi connectivity index (χ1v) is 9.73. The van der Waals surface area contributed by atoms with Crippen LogP contribution < -0.4 is 10.9 Å². The van der Waals surface area contributed by atoms with E-state index in [1.165, 1.54) is 5.56 Å². The molecule has 140 valence electrons. The van der Waals surface area contributed by atoms with Gasteiger partial charge in [0.05, 0.1) is 11.7 Å². The Morgan fingerprint density at radius 3 is 2.63 bits per heavy atom. The predicted molar refractivity (Wildman–Crippen MR) is 109 cm³/mol. The Morgan fingerprint density at radius 2 is 1.81 bits per heavy atom. The Kier molecular flexibility index (Phi) is 5.61. The lowest BCUT2D eigenvalue weighted by Gasteiger charge is -2.32. The fourth-order valence-corrected chi connectivity index (χ4v) is 3.82. The molecular formula is C22H26N4O. The van der Waals surface area contributed by atoms with Gasteiger partial charge in [-0.3, -0.25) is 9.78 Å². The molecule has 1 aliphatic rings. The molecule has 1 saturated heterocycles. The van der Waals surface area contributed by atoms with Crippen LogP contribution in [-0.4, -0.2) is 40.1 Å². The largest absolute Gasteiger partial charge is 0.310 e. The van der Waals surface area contributed by atoms with Gasteiger partial charge >= 0.3 is 0 Å². The normalized spacial score (nSPS) is 16.0. The van der Waals surface area contributed by atoms with Gasteiger partial charge in [-0.1, -0.05) is 30.3 Å². The number of nitrogens with zero attached hydrogens (tertiary/aromatic N) is 3. The van der Waals surface area contributed by atoms with E-state index in [9.17, 15) is 4.79 Å². The standard InChI is InChI=1S/C22H26N4O/c27-22-7-6-19-8-11-23-17-21(19)26(22)15-14-25-12-9-20(10-13-25)24-16-18-4-2-1-3-5-18/h1-8,11,17,20,24H,9-10,12-16H2. The fourth-order valence-electron chi connectivity index (χ4n) is 3.82. The van der Waals surface area contributed by atoms with Crippen LogP contribution in [0.2, 0.25) is 0 Å². The second-order valence-electron chi connectivity index (χ2n) is 7.24. The van der Waals surface area contributed by atoms with Crippen molar-refractivity contribution in [1.29, 1.82) is 0 Å². The van der Waals surface area contributed by atoms with Gasteiger partial charge in [0, 0.05) is 43.3 Å². The average molecular weight is 362 g/mol. The molecule has 3 aromatic rings. The minimum atomic E-state index is 0.0508. The fraction of sp³-hybridized carbons (Fsp3) is 0.364. The summed E-state index contributed by atoms with van der Waals surface area (Å²) in [6.45, 7) is 4.70. The summed E-state index contributed by atoms with van der Waals surface area (Å²) >= 11 is 0. The van der Waals surface area contributed by atoms with Gasteiger partial charge in [0.2, 0.25) is 0 Å². The summed E-state index contributed by atoms with van der Waals surface area (Å²) in [4.78, 5) is 18.9. The smallest absolute Gasteiger partial charge is 0.251 e. The highest BCUT2D eigenvalue weighted by molar-refractivity contribution is 5.77. The van der Waals surface area contributed by atoms with Crippen LogP contribution in [0, 0.1) is 0 Å². The molecule has 0 atom stereocenters. The monoisotopic (exact) mass is 362 g/mol. The molecule has 4 rings (SSSR count). The molecule has 0 bridgehead atoms. The average Bonchev–Trinajstić information content (AvgIpc) is 2.73. The van der Waals surface area contributed by atoms with Crippen molar-refractivity contribution in [3.8, 4) is 0 Å². The second kappa shape index (κ2) is 8.46. The van der Waals surface area contributed by atoms with Crippen LogP contribution in [-0.2, 0) is 13.1 Å². The molecule has 27 heavy (non-hydrogen) atoms. The molecule has 0 saturated carbocycles. The molecule has 1 aromatic carbocycles. The Hall–Kier alpha value is -2.50. The van der Waals surface area contributed by atoms with Gasteiger partial charge in [0.25, 0.3) is 5.56 Å². The first kappa shape index (κ1) is 17.9. The minimum Gasteiger partial charge on any atom is -0.310 e. The molecule has 1 aliphatic heterocycles. The van der Waals surface area contributed by atoms with E-state index in [-0.39, 0.29) is 5.56 Å². The molecule has 1 fully saturated rings. The third-order valence-electron chi connectivity index (χ3n) is 5.46. The lowest BCUT2D eigenvalue weighted by atomic mass is 10.0. The Morgan fingerprint density at radius 1 is 1.00 bits per heavy atom. The van der Waals surface area contributed by atoms with Crippen molar-refractivity contribution in [3.63, 3.8) is 0 Å². The van der Waals surface area contributed by atoms with E-state index < -0.39 is 0 Å². The second-order valence-corrected chi connectivity index (χ2v) is 7.24. The highest BCUT2D eigenvalue weighted by Gasteiger charge is 2.18. The quantitative estimate of drug-likeness (QED) is 0.732. The van der Waals surface area contributed by atoms with Crippen LogP contribution in [0.5, 0.6) is 0 Å². The van der Waals surface area contributed by atoms with Gasteiger partial charge in [-0.05, 0) is 43.6 Å². The molecule has 0 amide bonds. The lowest BCUT2D eigenvalue weighted by molar-refractivity contribution is 0.191. The maximum absolute atomic E-state index is 12.3. The Labute approximate surface area is 159 Å². The van der Waals surface area contributed by atoms with Gasteiger partial charge in [-0.25, -0.2) is 0 Å². The van der Waals surface area contributed by atoms with E-state index in [1.54, 1.807) is 18.5 Å². The summed E-state index contributed by atoms with van der Waals surface area (Å²) in [5, 5.41) is 4.74. The van der Waals surface area contributed by atoms with Gasteiger partial charge in [-0.15, -0.1) is 0 Å². The van der Waals surface area contributed by atoms with Crippen molar-refractivity contribution in [3.05, 3.63) is 76.8 Å². The van der Waals surface area contributed by atoms with Crippen molar-refractivity contribution in [2.75, 3.05) is 19.6 Å². The highest BCUT2D eigenvalue weighted by atomic mass is 16.1. The van der Waals surface area contributed by atoms with Crippen molar-refractivity contribution < 1.29 is 0 Å². The summed E-state index contributed by atoms with van der Waals surface area (Å²) in [6.07, 6.45) is 5.86. The molecule has 5 nitrogen and oxygen atoms in total. The summed E-state index contributed by atoms with van der Waals surface area (Å²) in [6, 6.07) is 16.6.